The van der Waals surface area contributed by atoms with Crippen molar-refractivity contribution in [3.63, 3.8) is 0 Å². The molecule has 0 unspecified atom stereocenters. The molecule has 0 aliphatic rings. The molecular weight excluding hydrogens is 218 g/mol. The number of nitro groups is 1. The molecule has 1 heterocycles. The highest BCUT2D eigenvalue weighted by Gasteiger charge is 2.10. The van der Waals surface area contributed by atoms with E-state index in [4.69, 9.17) is 0 Å². The van der Waals surface area contributed by atoms with E-state index in [1.54, 1.807) is 12.1 Å². The summed E-state index contributed by atoms with van der Waals surface area (Å²) in [5, 5.41) is 14.7. The molecule has 0 saturated carbocycles. The molecule has 1 aromatic heterocycles. The Morgan fingerprint density at radius 1 is 1.41 bits per heavy atom. The van der Waals surface area contributed by atoms with Crippen molar-refractivity contribution >= 4 is 22.3 Å². The zero-order valence-electron chi connectivity index (χ0n) is 9.73. The van der Waals surface area contributed by atoms with Crippen molar-refractivity contribution in [1.82, 2.24) is 4.98 Å². The Hall–Kier alpha value is -2.17. The number of rotatable bonds is 3. The third-order valence-electron chi connectivity index (χ3n) is 2.50. The second kappa shape index (κ2) is 4.37. The molecule has 0 radical (unpaired) electrons. The molecule has 0 atom stereocenters. The normalized spacial score (nSPS) is 10.5. The number of non-ortho nitro benzene ring substituents is 1. The van der Waals surface area contributed by atoms with Crippen molar-refractivity contribution in [3.05, 3.63) is 40.1 Å². The van der Waals surface area contributed by atoms with Crippen molar-refractivity contribution in [2.75, 3.05) is 11.9 Å². The number of nitrogens with one attached hydrogen (secondary N) is 1. The number of hydrogen-bond donors (Lipinski definition) is 1. The smallest absolute Gasteiger partial charge is 0.270 e. The van der Waals surface area contributed by atoms with Crippen LogP contribution in [-0.2, 0) is 0 Å². The van der Waals surface area contributed by atoms with E-state index in [0.717, 1.165) is 28.8 Å². The highest BCUT2D eigenvalue weighted by molar-refractivity contribution is 5.93. The van der Waals surface area contributed by atoms with Crippen molar-refractivity contribution in [2.45, 2.75) is 13.8 Å². The van der Waals surface area contributed by atoms with Gasteiger partial charge in [-0.3, -0.25) is 15.1 Å². The number of nitrogens with zero attached hydrogens (tertiary/aromatic N) is 2. The lowest BCUT2D eigenvalue weighted by atomic mass is 10.1. The number of aryl methyl sites for hydroxylation is 1. The van der Waals surface area contributed by atoms with Gasteiger partial charge in [-0.05, 0) is 26.0 Å². The largest absolute Gasteiger partial charge is 0.385 e. The molecule has 5 nitrogen and oxygen atoms in total. The molecule has 2 aromatic rings. The van der Waals surface area contributed by atoms with Crippen LogP contribution in [0.15, 0.2) is 24.3 Å². The van der Waals surface area contributed by atoms with Crippen LogP contribution < -0.4 is 5.32 Å². The molecular formula is C12H13N3O2. The van der Waals surface area contributed by atoms with Gasteiger partial charge in [0.25, 0.3) is 5.69 Å². The van der Waals surface area contributed by atoms with E-state index in [1.807, 2.05) is 19.9 Å². The number of fused-ring (bicyclic) bond motifs is 1. The van der Waals surface area contributed by atoms with Crippen LogP contribution >= 0.6 is 0 Å². The van der Waals surface area contributed by atoms with Gasteiger partial charge in [0.2, 0.25) is 0 Å². The summed E-state index contributed by atoms with van der Waals surface area (Å²) in [5.41, 5.74) is 2.63. The summed E-state index contributed by atoms with van der Waals surface area (Å²) in [6, 6.07) is 6.61. The van der Waals surface area contributed by atoms with Crippen LogP contribution in [0, 0.1) is 17.0 Å². The van der Waals surface area contributed by atoms with E-state index in [9.17, 15) is 10.1 Å². The second-order valence-electron chi connectivity index (χ2n) is 3.80. The van der Waals surface area contributed by atoms with Crippen LogP contribution in [0.1, 0.15) is 12.6 Å². The summed E-state index contributed by atoms with van der Waals surface area (Å²) in [7, 11) is 0. The molecule has 0 fully saturated rings. The zero-order valence-corrected chi connectivity index (χ0v) is 9.73. The number of aromatic nitrogens is 1. The standard InChI is InChI=1S/C12H13N3O2/c1-3-13-12-6-8(2)14-11-5-4-9(15(16)17)7-10(11)12/h4-7H,3H2,1-2H3,(H,13,14). The Morgan fingerprint density at radius 3 is 2.82 bits per heavy atom. The van der Waals surface area contributed by atoms with E-state index < -0.39 is 4.92 Å². The fourth-order valence-electron chi connectivity index (χ4n) is 1.80. The topological polar surface area (TPSA) is 68.1 Å². The summed E-state index contributed by atoms with van der Waals surface area (Å²) >= 11 is 0. The fourth-order valence-corrected chi connectivity index (χ4v) is 1.80. The average Bonchev–Trinajstić information content (AvgIpc) is 2.28. The van der Waals surface area contributed by atoms with Gasteiger partial charge in [0.1, 0.15) is 0 Å². The minimum absolute atomic E-state index is 0.0855. The van der Waals surface area contributed by atoms with Gasteiger partial charge in [-0.1, -0.05) is 0 Å². The quantitative estimate of drug-likeness (QED) is 0.651. The predicted octanol–water partition coefficient (Wildman–Crippen LogP) is 2.88. The lowest BCUT2D eigenvalue weighted by Crippen LogP contribution is -1.99. The fraction of sp³-hybridized carbons (Fsp3) is 0.250. The molecule has 0 aliphatic heterocycles. The molecule has 2 rings (SSSR count). The van der Waals surface area contributed by atoms with Gasteiger partial charge >= 0.3 is 0 Å². The maximum atomic E-state index is 10.7. The third-order valence-corrected chi connectivity index (χ3v) is 2.50. The van der Waals surface area contributed by atoms with E-state index in [-0.39, 0.29) is 5.69 Å². The highest BCUT2D eigenvalue weighted by atomic mass is 16.6. The molecule has 88 valence electrons. The molecule has 0 saturated heterocycles. The monoisotopic (exact) mass is 231 g/mol. The van der Waals surface area contributed by atoms with Gasteiger partial charge < -0.3 is 5.32 Å². The summed E-state index contributed by atoms with van der Waals surface area (Å²) in [5.74, 6) is 0. The van der Waals surface area contributed by atoms with Gasteiger partial charge in [0.05, 0.1) is 10.4 Å². The molecule has 0 aliphatic carbocycles. The van der Waals surface area contributed by atoms with Crippen molar-refractivity contribution in [1.29, 1.82) is 0 Å². The maximum Gasteiger partial charge on any atom is 0.270 e. The first-order chi connectivity index (χ1) is 8.11. The predicted molar refractivity (Wildman–Crippen MR) is 67.3 cm³/mol. The molecule has 0 amide bonds. The molecule has 1 aromatic carbocycles. The highest BCUT2D eigenvalue weighted by Crippen LogP contribution is 2.26. The summed E-state index contributed by atoms with van der Waals surface area (Å²) in [6.07, 6.45) is 0. The minimum Gasteiger partial charge on any atom is -0.385 e. The SMILES string of the molecule is CCNc1cc(C)nc2ccc([N+](=O)[O-])cc12. The molecule has 1 N–H and O–H groups in total. The number of anilines is 1. The lowest BCUT2D eigenvalue weighted by Gasteiger charge is -2.08. The minimum atomic E-state index is -0.394. The van der Waals surface area contributed by atoms with Gasteiger partial charge in [0.15, 0.2) is 0 Å². The second-order valence-corrected chi connectivity index (χ2v) is 3.80. The van der Waals surface area contributed by atoms with Crippen LogP contribution in [0.5, 0.6) is 0 Å². The van der Waals surface area contributed by atoms with Crippen molar-refractivity contribution in [2.24, 2.45) is 0 Å². The first-order valence-electron chi connectivity index (χ1n) is 5.41. The van der Waals surface area contributed by atoms with Crippen molar-refractivity contribution in [3.8, 4) is 0 Å². The average molecular weight is 231 g/mol. The van der Waals surface area contributed by atoms with E-state index in [0.29, 0.717) is 0 Å². The Morgan fingerprint density at radius 2 is 2.18 bits per heavy atom. The lowest BCUT2D eigenvalue weighted by molar-refractivity contribution is -0.384. The summed E-state index contributed by atoms with van der Waals surface area (Å²) < 4.78 is 0. The van der Waals surface area contributed by atoms with E-state index in [1.165, 1.54) is 6.07 Å². The Labute approximate surface area is 98.6 Å². The zero-order chi connectivity index (χ0) is 12.4. The summed E-state index contributed by atoms with van der Waals surface area (Å²) in [4.78, 5) is 14.7. The molecule has 0 bridgehead atoms. The van der Waals surface area contributed by atoms with Crippen molar-refractivity contribution < 1.29 is 4.92 Å². The number of benzene rings is 1. The van der Waals surface area contributed by atoms with Gasteiger partial charge in [-0.25, -0.2) is 0 Å². The van der Waals surface area contributed by atoms with Gasteiger partial charge in [-0.15, -0.1) is 0 Å². The Balaban J connectivity index is 2.68. The van der Waals surface area contributed by atoms with E-state index >= 15 is 0 Å². The van der Waals surface area contributed by atoms with Gasteiger partial charge in [-0.2, -0.15) is 0 Å². The number of hydrogen-bond acceptors (Lipinski definition) is 4. The maximum absolute atomic E-state index is 10.7. The summed E-state index contributed by atoms with van der Waals surface area (Å²) in [6.45, 7) is 4.65. The first-order valence-corrected chi connectivity index (χ1v) is 5.41. The van der Waals surface area contributed by atoms with Crippen LogP contribution in [-0.4, -0.2) is 16.5 Å². The number of nitro benzene ring substituents is 1. The third kappa shape index (κ3) is 2.18. The van der Waals surface area contributed by atoms with E-state index in [2.05, 4.69) is 10.3 Å². The molecule has 0 spiro atoms. The number of pyridine rings is 1. The first kappa shape index (κ1) is 11.3. The van der Waals surface area contributed by atoms with Crippen LogP contribution in [0.3, 0.4) is 0 Å². The Bertz CT molecular complexity index is 581. The molecule has 17 heavy (non-hydrogen) atoms. The van der Waals surface area contributed by atoms with Crippen LogP contribution in [0.4, 0.5) is 11.4 Å². The van der Waals surface area contributed by atoms with Gasteiger partial charge in [0, 0.05) is 35.4 Å². The van der Waals surface area contributed by atoms with Crippen LogP contribution in [0.2, 0.25) is 0 Å². The van der Waals surface area contributed by atoms with Crippen LogP contribution in [0.25, 0.3) is 10.9 Å². The molecule has 5 heteroatoms. The Kier molecular flexibility index (Phi) is 2.91.